The van der Waals surface area contributed by atoms with Crippen LogP contribution in [-0.2, 0) is 52.2 Å². The summed E-state index contributed by atoms with van der Waals surface area (Å²) < 4.78 is 64.1. The van der Waals surface area contributed by atoms with Crippen molar-refractivity contribution in [3.05, 3.63) is 59.3 Å². The summed E-state index contributed by atoms with van der Waals surface area (Å²) in [6, 6.07) is 0. The molecule has 8 aliphatic rings. The molecule has 8 rings (SSSR count). The number of esters is 1. The van der Waals surface area contributed by atoms with E-state index in [4.69, 9.17) is 47.4 Å². The molecule has 14 nitrogen and oxygen atoms in total. The molecule has 3 N–H and O–H groups in total. The van der Waals surface area contributed by atoms with Crippen LogP contribution in [0.2, 0.25) is 0 Å². The first-order chi connectivity index (χ1) is 30.6. The number of hydrogen-bond acceptors (Lipinski definition) is 14. The number of fused-ring (bicyclic) bond motifs is 2. The number of carbonyl (C=O) groups is 1. The fraction of sp³-hybridized carbons (Fsp3) is 0.780. The molecule has 0 radical (unpaired) electrons. The number of methoxy groups -OCH3 is 2. The Bertz CT molecular complexity index is 1790. The van der Waals surface area contributed by atoms with Crippen molar-refractivity contribution in [3.8, 4) is 0 Å². The summed E-state index contributed by atoms with van der Waals surface area (Å²) in [5, 5.41) is 34.3. The van der Waals surface area contributed by atoms with Crippen molar-refractivity contribution in [2.24, 2.45) is 23.7 Å². The Balaban J connectivity index is 1.08. The van der Waals surface area contributed by atoms with Crippen molar-refractivity contribution < 1.29 is 67.5 Å². The molecule has 19 atom stereocenters. The highest BCUT2D eigenvalue weighted by Gasteiger charge is 2.60. The molecule has 0 aromatic heterocycles. The third-order valence-electron chi connectivity index (χ3n) is 15.4. The molecular formula is C50H74O14. The van der Waals surface area contributed by atoms with E-state index in [0.717, 1.165) is 18.4 Å². The molecule has 1 spiro atoms. The maximum absolute atomic E-state index is 14.4. The average molecular weight is 899 g/mol. The molecule has 6 heterocycles. The van der Waals surface area contributed by atoms with Gasteiger partial charge >= 0.3 is 5.97 Å². The number of carbonyl (C=O) groups excluding carboxylic acids is 1. The lowest BCUT2D eigenvalue weighted by Crippen LogP contribution is -2.58. The maximum Gasteiger partial charge on any atom is 0.316 e. The molecule has 0 aromatic carbocycles. The first-order valence-corrected chi connectivity index (χ1v) is 24.0. The largest absolute Gasteiger partial charge is 0.462 e. The van der Waals surface area contributed by atoms with Crippen LogP contribution in [0.25, 0.3) is 0 Å². The lowest BCUT2D eigenvalue weighted by atomic mass is 9.71. The predicted molar refractivity (Wildman–Crippen MR) is 234 cm³/mol. The van der Waals surface area contributed by atoms with E-state index >= 15 is 0 Å². The zero-order valence-corrected chi connectivity index (χ0v) is 39.0. The molecular weight excluding hydrogens is 825 g/mol. The van der Waals surface area contributed by atoms with E-state index in [1.165, 1.54) is 19.3 Å². The van der Waals surface area contributed by atoms with E-state index in [0.29, 0.717) is 49.2 Å². The molecule has 0 unspecified atom stereocenters. The van der Waals surface area contributed by atoms with E-state index in [-0.39, 0.29) is 36.8 Å². The SMILES string of the molecule is CO[C@H]1C[C@@H](O[C@@H]2/C(C)=C/C[C@H]3C[C@@H](C[C@]4(C=C[C@H](C)[C@H](C5CCCCC5)O4)O3)OC(=O)[C@@H]3C=C(C)[C@H](O)[C@@H]4OC/C(=C\C=C\[C@@H]2C)[C@]34O)O[C@@H](C)[C@H]1O[C@H]1C[C@@H](OC)[C@H](O)[C@@H](C)O1. The van der Waals surface area contributed by atoms with Gasteiger partial charge in [-0.2, -0.15) is 0 Å². The fourth-order valence-corrected chi connectivity index (χ4v) is 11.7. The van der Waals surface area contributed by atoms with Gasteiger partial charge in [-0.15, -0.1) is 0 Å². The highest BCUT2D eigenvalue weighted by atomic mass is 16.7. The van der Waals surface area contributed by atoms with Gasteiger partial charge in [0.05, 0.1) is 49.3 Å². The third kappa shape index (κ3) is 9.82. The Hall–Kier alpha value is -2.31. The van der Waals surface area contributed by atoms with Crippen LogP contribution in [0.15, 0.2) is 59.3 Å². The van der Waals surface area contributed by atoms with Crippen LogP contribution >= 0.6 is 0 Å². The van der Waals surface area contributed by atoms with Gasteiger partial charge in [-0.25, -0.2) is 0 Å². The smallest absolute Gasteiger partial charge is 0.316 e. The summed E-state index contributed by atoms with van der Waals surface area (Å²) in [6.45, 7) is 11.9. The monoisotopic (exact) mass is 899 g/mol. The predicted octanol–water partition coefficient (Wildman–Crippen LogP) is 5.91. The molecule has 14 heteroatoms. The van der Waals surface area contributed by atoms with Crippen LogP contribution in [0.5, 0.6) is 0 Å². The maximum atomic E-state index is 14.4. The van der Waals surface area contributed by atoms with Crippen LogP contribution < -0.4 is 0 Å². The molecule has 6 aliphatic heterocycles. The summed E-state index contributed by atoms with van der Waals surface area (Å²) in [4.78, 5) is 14.4. The molecule has 64 heavy (non-hydrogen) atoms. The zero-order valence-electron chi connectivity index (χ0n) is 39.0. The molecule has 1 saturated carbocycles. The van der Waals surface area contributed by atoms with Gasteiger partial charge in [0.1, 0.15) is 42.0 Å². The molecule has 0 amide bonds. The minimum atomic E-state index is -1.83. The van der Waals surface area contributed by atoms with Crippen molar-refractivity contribution >= 4 is 5.97 Å². The summed E-state index contributed by atoms with van der Waals surface area (Å²) in [5.74, 6) is -2.32. The van der Waals surface area contributed by atoms with Crippen molar-refractivity contribution in [1.29, 1.82) is 0 Å². The summed E-state index contributed by atoms with van der Waals surface area (Å²) in [7, 11) is 3.23. The lowest BCUT2D eigenvalue weighted by Gasteiger charge is -2.49. The fourth-order valence-electron chi connectivity index (χ4n) is 11.7. The second-order valence-electron chi connectivity index (χ2n) is 20.0. The Morgan fingerprint density at radius 3 is 2.28 bits per heavy atom. The first kappa shape index (κ1) is 48.2. The van der Waals surface area contributed by atoms with Gasteiger partial charge in [-0.3, -0.25) is 4.79 Å². The van der Waals surface area contributed by atoms with E-state index < -0.39 is 90.8 Å². The summed E-state index contributed by atoms with van der Waals surface area (Å²) in [6.07, 6.45) is 13.8. The Labute approximate surface area is 379 Å². The molecule has 0 aromatic rings. The van der Waals surface area contributed by atoms with Crippen molar-refractivity contribution in [1.82, 2.24) is 0 Å². The topological polar surface area (TPSA) is 170 Å². The minimum Gasteiger partial charge on any atom is -0.462 e. The van der Waals surface area contributed by atoms with Gasteiger partial charge in [0.25, 0.3) is 0 Å². The second-order valence-corrected chi connectivity index (χ2v) is 20.0. The number of rotatable bonds is 7. The van der Waals surface area contributed by atoms with Crippen LogP contribution in [0.4, 0.5) is 0 Å². The summed E-state index contributed by atoms with van der Waals surface area (Å²) in [5.41, 5.74) is 0.166. The van der Waals surface area contributed by atoms with Crippen molar-refractivity contribution in [3.63, 3.8) is 0 Å². The van der Waals surface area contributed by atoms with Gasteiger partial charge in [0.15, 0.2) is 18.4 Å². The molecule has 358 valence electrons. The van der Waals surface area contributed by atoms with E-state index in [1.54, 1.807) is 40.2 Å². The number of allylic oxidation sites excluding steroid dienone is 2. The van der Waals surface area contributed by atoms with Crippen molar-refractivity contribution in [2.75, 3.05) is 20.8 Å². The Morgan fingerprint density at radius 2 is 1.53 bits per heavy atom. The highest BCUT2D eigenvalue weighted by Crippen LogP contribution is 2.48. The standard InChI is InChI=1S/C50H74O14/c1-27-13-12-16-34-26-57-47-42(51)30(4)21-37(50(34,47)54)48(53)60-36-22-35(63-49(25-36)20-19-29(3)45(64-49)33-14-10-9-11-15-33)18-17-28(2)44(27)61-41-24-39(56-8)46(32(6)59-41)62-40-23-38(55-7)43(52)31(5)58-40/h12-13,16-17,19-21,27,29,31-33,35-47,51-52,54H,9-11,14-15,18,22-26H2,1-8H3/b13-12+,28-17+,34-16+/t27-,29-,31+,32-,35-,36-,37-,38+,39-,40-,41+,42-,43+,44-,45+,46+,47-,49+,50-/m0/s1. The van der Waals surface area contributed by atoms with Gasteiger partial charge in [0, 0.05) is 51.7 Å². The molecule has 5 fully saturated rings. The van der Waals surface area contributed by atoms with Gasteiger partial charge in [-0.05, 0) is 75.7 Å². The Morgan fingerprint density at radius 1 is 0.812 bits per heavy atom. The normalized spacial score (nSPS) is 49.2. The van der Waals surface area contributed by atoms with Gasteiger partial charge in [0.2, 0.25) is 0 Å². The van der Waals surface area contributed by atoms with Gasteiger partial charge < -0.3 is 62.7 Å². The van der Waals surface area contributed by atoms with Crippen LogP contribution in [0.3, 0.4) is 0 Å². The second kappa shape index (κ2) is 20.1. The third-order valence-corrected chi connectivity index (χ3v) is 15.4. The molecule has 2 bridgehead atoms. The van der Waals surface area contributed by atoms with Crippen LogP contribution in [0.1, 0.15) is 106 Å². The van der Waals surface area contributed by atoms with Crippen LogP contribution in [0, 0.1) is 23.7 Å². The highest BCUT2D eigenvalue weighted by molar-refractivity contribution is 5.78. The number of aliphatic hydroxyl groups is 3. The zero-order chi connectivity index (χ0) is 45.5. The van der Waals surface area contributed by atoms with Crippen molar-refractivity contribution in [2.45, 2.75) is 203 Å². The molecule has 4 saturated heterocycles. The Kier molecular flexibility index (Phi) is 15.1. The number of aliphatic hydroxyl groups excluding tert-OH is 2. The minimum absolute atomic E-state index is 0.0242. The first-order valence-electron chi connectivity index (χ1n) is 24.0. The lowest BCUT2D eigenvalue weighted by molar-refractivity contribution is -0.318. The van der Waals surface area contributed by atoms with E-state index in [1.807, 2.05) is 25.2 Å². The van der Waals surface area contributed by atoms with E-state index in [9.17, 15) is 20.1 Å². The number of ether oxygens (including phenoxy) is 10. The van der Waals surface area contributed by atoms with E-state index in [2.05, 4.69) is 32.9 Å². The molecule has 2 aliphatic carbocycles. The quantitative estimate of drug-likeness (QED) is 0.204. The van der Waals surface area contributed by atoms with Gasteiger partial charge in [-0.1, -0.05) is 69.6 Å². The number of hydrogen-bond donors (Lipinski definition) is 3. The van der Waals surface area contributed by atoms with Crippen LogP contribution in [-0.4, -0.2) is 139 Å². The summed E-state index contributed by atoms with van der Waals surface area (Å²) >= 11 is 0. The average Bonchev–Trinajstić information content (AvgIpc) is 3.62.